The van der Waals surface area contributed by atoms with Gasteiger partial charge in [0.2, 0.25) is 0 Å². The molecule has 2 N–H and O–H groups in total. The van der Waals surface area contributed by atoms with E-state index in [0.29, 0.717) is 19.5 Å². The van der Waals surface area contributed by atoms with Gasteiger partial charge in [-0.25, -0.2) is 4.79 Å². The quantitative estimate of drug-likeness (QED) is 0.647. The molecule has 1 aromatic carbocycles. The van der Waals surface area contributed by atoms with Crippen molar-refractivity contribution in [2.45, 2.75) is 52.1 Å². The van der Waals surface area contributed by atoms with Crippen molar-refractivity contribution in [3.8, 4) is 0 Å². The molecule has 0 bridgehead atoms. The first-order valence-electron chi connectivity index (χ1n) is 7.84. The SMILES string of the molecule is CCCCCCCN(CCc1cccc(CO)c1)C(=O)O. The van der Waals surface area contributed by atoms with Gasteiger partial charge in [0, 0.05) is 13.1 Å². The van der Waals surface area contributed by atoms with Crippen molar-refractivity contribution in [2.75, 3.05) is 13.1 Å². The molecular weight excluding hydrogens is 266 g/mol. The third-order valence-corrected chi connectivity index (χ3v) is 3.65. The van der Waals surface area contributed by atoms with Crippen LogP contribution in [0, 0.1) is 0 Å². The molecule has 21 heavy (non-hydrogen) atoms. The van der Waals surface area contributed by atoms with Crippen molar-refractivity contribution < 1.29 is 15.0 Å². The number of carbonyl (C=O) groups is 1. The van der Waals surface area contributed by atoms with E-state index < -0.39 is 6.09 Å². The van der Waals surface area contributed by atoms with Gasteiger partial charge in [0.25, 0.3) is 0 Å². The summed E-state index contributed by atoms with van der Waals surface area (Å²) in [5, 5.41) is 18.4. The Balaban J connectivity index is 2.38. The predicted molar refractivity (Wildman–Crippen MR) is 84.4 cm³/mol. The number of aliphatic hydroxyl groups is 1. The Bertz CT molecular complexity index is 420. The molecule has 4 nitrogen and oxygen atoms in total. The van der Waals surface area contributed by atoms with Gasteiger partial charge in [-0.2, -0.15) is 0 Å². The highest BCUT2D eigenvalue weighted by Crippen LogP contribution is 2.09. The first-order valence-corrected chi connectivity index (χ1v) is 7.84. The molecule has 118 valence electrons. The third kappa shape index (κ3) is 7.14. The molecule has 0 radical (unpaired) electrons. The first-order chi connectivity index (χ1) is 10.2. The minimum absolute atomic E-state index is 0.0217. The van der Waals surface area contributed by atoms with Crippen molar-refractivity contribution in [3.63, 3.8) is 0 Å². The summed E-state index contributed by atoms with van der Waals surface area (Å²) in [5.41, 5.74) is 1.94. The topological polar surface area (TPSA) is 60.8 Å². The van der Waals surface area contributed by atoms with Crippen LogP contribution in [0.2, 0.25) is 0 Å². The van der Waals surface area contributed by atoms with Crippen LogP contribution in [-0.4, -0.2) is 34.3 Å². The Kier molecular flexibility index (Phi) is 8.51. The zero-order valence-corrected chi connectivity index (χ0v) is 12.9. The van der Waals surface area contributed by atoms with E-state index in [1.807, 2.05) is 24.3 Å². The van der Waals surface area contributed by atoms with E-state index in [0.717, 1.165) is 24.0 Å². The van der Waals surface area contributed by atoms with E-state index in [2.05, 4.69) is 6.92 Å². The number of carboxylic acid groups (broad SMARTS) is 1. The van der Waals surface area contributed by atoms with E-state index in [-0.39, 0.29) is 6.61 Å². The fourth-order valence-electron chi connectivity index (χ4n) is 2.36. The molecule has 0 aliphatic carbocycles. The van der Waals surface area contributed by atoms with Crippen LogP contribution in [-0.2, 0) is 13.0 Å². The summed E-state index contributed by atoms with van der Waals surface area (Å²) >= 11 is 0. The molecule has 0 saturated heterocycles. The summed E-state index contributed by atoms with van der Waals surface area (Å²) in [6.07, 6.45) is 5.48. The Morgan fingerprint density at radius 3 is 2.48 bits per heavy atom. The largest absolute Gasteiger partial charge is 0.465 e. The Labute approximate surface area is 127 Å². The number of aliphatic hydroxyl groups excluding tert-OH is 1. The van der Waals surface area contributed by atoms with Gasteiger partial charge in [0.05, 0.1) is 6.61 Å². The molecule has 0 aliphatic heterocycles. The Morgan fingerprint density at radius 2 is 1.81 bits per heavy atom. The normalized spacial score (nSPS) is 10.6. The lowest BCUT2D eigenvalue weighted by Crippen LogP contribution is -2.32. The molecular formula is C17H27NO3. The van der Waals surface area contributed by atoms with Gasteiger partial charge < -0.3 is 15.1 Å². The van der Waals surface area contributed by atoms with Gasteiger partial charge in [-0.3, -0.25) is 0 Å². The second kappa shape index (κ2) is 10.2. The number of unbranched alkanes of at least 4 members (excludes halogenated alkanes) is 4. The second-order valence-corrected chi connectivity index (χ2v) is 5.41. The van der Waals surface area contributed by atoms with Crippen LogP contribution in [0.1, 0.15) is 50.2 Å². The molecule has 0 aromatic heterocycles. The fraction of sp³-hybridized carbons (Fsp3) is 0.588. The number of amides is 1. The number of rotatable bonds is 10. The van der Waals surface area contributed by atoms with E-state index in [1.165, 1.54) is 24.2 Å². The minimum Gasteiger partial charge on any atom is -0.465 e. The summed E-state index contributed by atoms with van der Waals surface area (Å²) in [6, 6.07) is 7.67. The maximum Gasteiger partial charge on any atom is 0.407 e. The molecule has 4 heteroatoms. The maximum atomic E-state index is 11.2. The number of benzene rings is 1. The first kappa shape index (κ1) is 17.5. The lowest BCUT2D eigenvalue weighted by molar-refractivity contribution is 0.144. The molecule has 0 atom stereocenters. The second-order valence-electron chi connectivity index (χ2n) is 5.41. The van der Waals surface area contributed by atoms with Gasteiger partial charge in [-0.1, -0.05) is 56.9 Å². The molecule has 0 spiro atoms. The zero-order valence-electron chi connectivity index (χ0n) is 12.9. The van der Waals surface area contributed by atoms with Gasteiger partial charge in [0.15, 0.2) is 0 Å². The van der Waals surface area contributed by atoms with Crippen LogP contribution >= 0.6 is 0 Å². The highest BCUT2D eigenvalue weighted by molar-refractivity contribution is 5.64. The van der Waals surface area contributed by atoms with E-state index in [4.69, 9.17) is 5.11 Å². The summed E-state index contributed by atoms with van der Waals surface area (Å²) in [6.45, 7) is 3.31. The molecule has 1 rings (SSSR count). The average molecular weight is 293 g/mol. The Hall–Kier alpha value is -1.55. The molecule has 1 aromatic rings. The summed E-state index contributed by atoms with van der Waals surface area (Å²) in [7, 11) is 0. The van der Waals surface area contributed by atoms with Crippen LogP contribution in [0.4, 0.5) is 4.79 Å². The molecule has 0 saturated carbocycles. The van der Waals surface area contributed by atoms with Gasteiger partial charge in [0.1, 0.15) is 0 Å². The Morgan fingerprint density at radius 1 is 1.10 bits per heavy atom. The van der Waals surface area contributed by atoms with Crippen LogP contribution in [0.15, 0.2) is 24.3 Å². The van der Waals surface area contributed by atoms with E-state index in [9.17, 15) is 9.90 Å². The fourth-order valence-corrected chi connectivity index (χ4v) is 2.36. The van der Waals surface area contributed by atoms with Crippen LogP contribution in [0.3, 0.4) is 0 Å². The third-order valence-electron chi connectivity index (χ3n) is 3.65. The maximum absolute atomic E-state index is 11.2. The van der Waals surface area contributed by atoms with Crippen LogP contribution < -0.4 is 0 Å². The van der Waals surface area contributed by atoms with Gasteiger partial charge >= 0.3 is 6.09 Å². The van der Waals surface area contributed by atoms with Crippen molar-refractivity contribution in [1.29, 1.82) is 0 Å². The van der Waals surface area contributed by atoms with E-state index in [1.54, 1.807) is 0 Å². The van der Waals surface area contributed by atoms with Crippen LogP contribution in [0.5, 0.6) is 0 Å². The number of nitrogens with zero attached hydrogens (tertiary/aromatic N) is 1. The van der Waals surface area contributed by atoms with E-state index >= 15 is 0 Å². The molecule has 0 aliphatic rings. The van der Waals surface area contributed by atoms with Crippen LogP contribution in [0.25, 0.3) is 0 Å². The van der Waals surface area contributed by atoms with Crippen molar-refractivity contribution in [2.24, 2.45) is 0 Å². The van der Waals surface area contributed by atoms with Gasteiger partial charge in [-0.15, -0.1) is 0 Å². The molecule has 0 heterocycles. The summed E-state index contributed by atoms with van der Waals surface area (Å²) in [4.78, 5) is 12.7. The minimum atomic E-state index is -0.844. The summed E-state index contributed by atoms with van der Waals surface area (Å²) < 4.78 is 0. The number of hydrogen-bond acceptors (Lipinski definition) is 2. The van der Waals surface area contributed by atoms with Crippen molar-refractivity contribution in [1.82, 2.24) is 4.90 Å². The lowest BCUT2D eigenvalue weighted by atomic mass is 10.1. The smallest absolute Gasteiger partial charge is 0.407 e. The van der Waals surface area contributed by atoms with Crippen molar-refractivity contribution in [3.05, 3.63) is 35.4 Å². The monoisotopic (exact) mass is 293 g/mol. The highest BCUT2D eigenvalue weighted by Gasteiger charge is 2.11. The standard InChI is InChI=1S/C17H27NO3/c1-2-3-4-5-6-11-18(17(20)21)12-10-15-8-7-9-16(13-15)14-19/h7-9,13,19H,2-6,10-12,14H2,1H3,(H,20,21). The number of hydrogen-bond donors (Lipinski definition) is 2. The predicted octanol–water partition coefficient (Wildman–Crippen LogP) is 3.67. The van der Waals surface area contributed by atoms with Gasteiger partial charge in [-0.05, 0) is 24.0 Å². The molecule has 0 unspecified atom stereocenters. The van der Waals surface area contributed by atoms with Crippen molar-refractivity contribution >= 4 is 6.09 Å². The molecule has 1 amide bonds. The zero-order chi connectivity index (χ0) is 15.5. The highest BCUT2D eigenvalue weighted by atomic mass is 16.4. The summed E-state index contributed by atoms with van der Waals surface area (Å²) in [5.74, 6) is 0. The average Bonchev–Trinajstić information content (AvgIpc) is 2.49. The lowest BCUT2D eigenvalue weighted by Gasteiger charge is -2.19. The molecule has 0 fully saturated rings.